The van der Waals surface area contributed by atoms with Crippen molar-refractivity contribution in [3.63, 3.8) is 0 Å². The number of hydrogen-bond donors (Lipinski definition) is 2. The van der Waals surface area contributed by atoms with E-state index in [2.05, 4.69) is 19.2 Å². The Bertz CT molecular complexity index is 205. The van der Waals surface area contributed by atoms with Gasteiger partial charge in [0.05, 0.1) is 0 Å². The molecule has 1 atom stereocenters. The fourth-order valence-electron chi connectivity index (χ4n) is 2.60. The molecule has 0 aromatic heterocycles. The molecule has 2 N–H and O–H groups in total. The Kier molecular flexibility index (Phi) is 3.91. The average molecular weight is 225 g/mol. The summed E-state index contributed by atoms with van der Waals surface area (Å²) in [6.45, 7) is 6.79. The number of hydrogen-bond acceptors (Lipinski definition) is 2. The zero-order chi connectivity index (χ0) is 11.6. The summed E-state index contributed by atoms with van der Waals surface area (Å²) in [5.74, 6) is 3.00. The molecule has 2 fully saturated rings. The number of rotatable bonds is 8. The van der Waals surface area contributed by atoms with Crippen molar-refractivity contribution in [3.8, 4) is 0 Å². The fraction of sp³-hybridized carbons (Fsp3) is 1.00. The lowest BCUT2D eigenvalue weighted by Crippen LogP contribution is -2.37. The molecule has 0 saturated heterocycles. The second kappa shape index (κ2) is 5.05. The van der Waals surface area contributed by atoms with Gasteiger partial charge in [0.15, 0.2) is 0 Å². The second-order valence-electron chi connectivity index (χ2n) is 6.29. The summed E-state index contributed by atoms with van der Waals surface area (Å²) >= 11 is 0. The molecule has 2 aliphatic carbocycles. The minimum atomic E-state index is 0.0810. The standard InChI is InChI=1S/C14H27NO/c1-3-14(2,10-16)9-15-8-13(11-4-5-11)12-6-7-12/h11-13,15-16H,3-10H2,1-2H3. The van der Waals surface area contributed by atoms with E-state index in [0.29, 0.717) is 6.61 Å². The molecule has 16 heavy (non-hydrogen) atoms. The van der Waals surface area contributed by atoms with Crippen molar-refractivity contribution in [2.75, 3.05) is 19.7 Å². The Morgan fingerprint density at radius 3 is 2.19 bits per heavy atom. The van der Waals surface area contributed by atoms with Crippen LogP contribution in [-0.2, 0) is 0 Å². The lowest BCUT2D eigenvalue weighted by molar-refractivity contribution is 0.133. The molecule has 0 aromatic rings. The highest BCUT2D eigenvalue weighted by Gasteiger charge is 2.41. The minimum absolute atomic E-state index is 0.0810. The van der Waals surface area contributed by atoms with Gasteiger partial charge in [0.2, 0.25) is 0 Å². The van der Waals surface area contributed by atoms with E-state index in [9.17, 15) is 5.11 Å². The third-order valence-electron chi connectivity index (χ3n) is 4.62. The molecule has 0 radical (unpaired) electrons. The predicted octanol–water partition coefficient (Wildman–Crippen LogP) is 2.42. The van der Waals surface area contributed by atoms with Crippen LogP contribution in [0.1, 0.15) is 46.0 Å². The maximum Gasteiger partial charge on any atom is 0.0496 e. The molecular formula is C14H27NO. The molecule has 1 unspecified atom stereocenters. The van der Waals surface area contributed by atoms with E-state index in [4.69, 9.17) is 0 Å². The van der Waals surface area contributed by atoms with Gasteiger partial charge in [-0.25, -0.2) is 0 Å². The Hall–Kier alpha value is -0.0800. The molecular weight excluding hydrogens is 198 g/mol. The van der Waals surface area contributed by atoms with Gasteiger partial charge in [0.1, 0.15) is 0 Å². The molecule has 2 heteroatoms. The highest BCUT2D eigenvalue weighted by molar-refractivity contribution is 4.92. The molecule has 0 heterocycles. The second-order valence-corrected chi connectivity index (χ2v) is 6.29. The molecule has 0 amide bonds. The van der Waals surface area contributed by atoms with Crippen molar-refractivity contribution in [2.45, 2.75) is 46.0 Å². The van der Waals surface area contributed by atoms with Crippen LogP contribution in [-0.4, -0.2) is 24.8 Å². The first kappa shape index (κ1) is 12.4. The van der Waals surface area contributed by atoms with Gasteiger partial charge >= 0.3 is 0 Å². The van der Waals surface area contributed by atoms with Crippen LogP contribution >= 0.6 is 0 Å². The van der Waals surface area contributed by atoms with Crippen molar-refractivity contribution in [1.29, 1.82) is 0 Å². The first-order chi connectivity index (χ1) is 7.68. The van der Waals surface area contributed by atoms with Crippen molar-refractivity contribution >= 4 is 0 Å². The Morgan fingerprint density at radius 1 is 1.25 bits per heavy atom. The van der Waals surface area contributed by atoms with Gasteiger partial charge in [-0.1, -0.05) is 13.8 Å². The summed E-state index contributed by atoms with van der Waals surface area (Å²) in [6, 6.07) is 0. The van der Waals surface area contributed by atoms with Crippen LogP contribution in [0, 0.1) is 23.2 Å². The van der Waals surface area contributed by atoms with Gasteiger partial charge in [0, 0.05) is 18.6 Å². The summed E-state index contributed by atoms with van der Waals surface area (Å²) in [5, 5.41) is 13.0. The van der Waals surface area contributed by atoms with E-state index in [0.717, 1.165) is 30.7 Å². The number of aliphatic hydroxyl groups is 1. The maximum atomic E-state index is 9.35. The molecule has 2 aliphatic rings. The molecule has 0 bridgehead atoms. The summed E-state index contributed by atoms with van der Waals surface area (Å²) in [4.78, 5) is 0. The van der Waals surface area contributed by atoms with Gasteiger partial charge in [-0.3, -0.25) is 0 Å². The van der Waals surface area contributed by atoms with E-state index in [1.54, 1.807) is 0 Å². The quantitative estimate of drug-likeness (QED) is 0.665. The third kappa shape index (κ3) is 3.21. The van der Waals surface area contributed by atoms with Crippen molar-refractivity contribution < 1.29 is 5.11 Å². The number of nitrogens with one attached hydrogen (secondary N) is 1. The maximum absolute atomic E-state index is 9.35. The first-order valence-corrected chi connectivity index (χ1v) is 7.00. The van der Waals surface area contributed by atoms with E-state index < -0.39 is 0 Å². The lowest BCUT2D eigenvalue weighted by Gasteiger charge is -2.27. The molecule has 2 rings (SSSR count). The smallest absolute Gasteiger partial charge is 0.0496 e. The molecule has 0 spiro atoms. The van der Waals surface area contributed by atoms with Gasteiger partial charge in [-0.05, 0) is 56.4 Å². The van der Waals surface area contributed by atoms with Gasteiger partial charge in [0.25, 0.3) is 0 Å². The van der Waals surface area contributed by atoms with Gasteiger partial charge in [-0.2, -0.15) is 0 Å². The Labute approximate surface area is 99.8 Å². The normalized spacial score (nSPS) is 24.8. The van der Waals surface area contributed by atoms with Crippen molar-refractivity contribution in [2.24, 2.45) is 23.2 Å². The number of aliphatic hydroxyl groups excluding tert-OH is 1. The topological polar surface area (TPSA) is 32.3 Å². The SMILES string of the molecule is CCC(C)(CO)CNCC(C1CC1)C1CC1. The monoisotopic (exact) mass is 225 g/mol. The third-order valence-corrected chi connectivity index (χ3v) is 4.62. The first-order valence-electron chi connectivity index (χ1n) is 7.00. The molecule has 0 aromatic carbocycles. The van der Waals surface area contributed by atoms with Gasteiger partial charge < -0.3 is 10.4 Å². The highest BCUT2D eigenvalue weighted by atomic mass is 16.3. The van der Waals surface area contributed by atoms with E-state index >= 15 is 0 Å². The fourth-order valence-corrected chi connectivity index (χ4v) is 2.60. The summed E-state index contributed by atoms with van der Waals surface area (Å²) < 4.78 is 0. The zero-order valence-corrected chi connectivity index (χ0v) is 10.8. The van der Waals surface area contributed by atoms with Crippen LogP contribution in [0.25, 0.3) is 0 Å². The summed E-state index contributed by atoms with van der Waals surface area (Å²) in [5.41, 5.74) is 0.0810. The van der Waals surface area contributed by atoms with Crippen LogP contribution < -0.4 is 5.32 Å². The molecule has 2 saturated carbocycles. The van der Waals surface area contributed by atoms with Crippen molar-refractivity contribution in [1.82, 2.24) is 5.32 Å². The zero-order valence-electron chi connectivity index (χ0n) is 10.8. The minimum Gasteiger partial charge on any atom is -0.396 e. The Morgan fingerprint density at radius 2 is 1.81 bits per heavy atom. The van der Waals surface area contributed by atoms with E-state index in [1.807, 2.05) is 0 Å². The van der Waals surface area contributed by atoms with Crippen molar-refractivity contribution in [3.05, 3.63) is 0 Å². The predicted molar refractivity (Wildman–Crippen MR) is 67.3 cm³/mol. The van der Waals surface area contributed by atoms with Crippen LogP contribution in [0.15, 0.2) is 0 Å². The average Bonchev–Trinajstić information content (AvgIpc) is 3.17. The lowest BCUT2D eigenvalue weighted by atomic mass is 9.88. The van der Waals surface area contributed by atoms with Crippen LogP contribution in [0.3, 0.4) is 0 Å². The molecule has 2 nitrogen and oxygen atoms in total. The largest absolute Gasteiger partial charge is 0.396 e. The Balaban J connectivity index is 1.69. The molecule has 94 valence electrons. The molecule has 0 aliphatic heterocycles. The van der Waals surface area contributed by atoms with Gasteiger partial charge in [-0.15, -0.1) is 0 Å². The van der Waals surface area contributed by atoms with Crippen LogP contribution in [0.5, 0.6) is 0 Å². The summed E-state index contributed by atoms with van der Waals surface area (Å²) in [6.07, 6.45) is 6.91. The van der Waals surface area contributed by atoms with Crippen LogP contribution in [0.4, 0.5) is 0 Å². The highest BCUT2D eigenvalue weighted by Crippen LogP contribution is 2.48. The summed E-state index contributed by atoms with van der Waals surface area (Å²) in [7, 11) is 0. The van der Waals surface area contributed by atoms with E-state index in [1.165, 1.54) is 32.2 Å². The van der Waals surface area contributed by atoms with E-state index in [-0.39, 0.29) is 5.41 Å². The van der Waals surface area contributed by atoms with Crippen LogP contribution in [0.2, 0.25) is 0 Å².